The molecule has 2 N–H and O–H groups in total. The third-order valence-electron chi connectivity index (χ3n) is 4.79. The highest BCUT2D eigenvalue weighted by atomic mass is 19.1. The minimum Gasteiger partial charge on any atom is -0.339 e. The molecule has 1 aromatic carbocycles. The maximum absolute atomic E-state index is 13.6. The number of carbonyl (C=O) groups excluding carboxylic acids is 2. The van der Waals surface area contributed by atoms with Gasteiger partial charge in [-0.15, -0.1) is 0 Å². The number of hydrogen-bond acceptors (Lipinski definition) is 3. The number of halogens is 1. The number of nitrogens with zero attached hydrogens (tertiary/aromatic N) is 2. The van der Waals surface area contributed by atoms with Crippen LogP contribution in [0.25, 0.3) is 0 Å². The fourth-order valence-electron chi connectivity index (χ4n) is 2.80. The summed E-state index contributed by atoms with van der Waals surface area (Å²) in [5.41, 5.74) is 6.40. The van der Waals surface area contributed by atoms with Gasteiger partial charge in [-0.25, -0.2) is 4.39 Å². The lowest BCUT2D eigenvalue weighted by molar-refractivity contribution is -0.140. The molecule has 2 amide bonds. The van der Waals surface area contributed by atoms with Crippen LogP contribution >= 0.6 is 0 Å². The van der Waals surface area contributed by atoms with Crippen molar-refractivity contribution in [3.05, 3.63) is 35.6 Å². The van der Waals surface area contributed by atoms with E-state index in [9.17, 15) is 14.0 Å². The topological polar surface area (TPSA) is 66.6 Å². The predicted molar refractivity (Wildman–Crippen MR) is 90.7 cm³/mol. The van der Waals surface area contributed by atoms with Crippen LogP contribution in [0.2, 0.25) is 0 Å². The minimum atomic E-state index is -0.490. The molecule has 6 heteroatoms. The fraction of sp³-hybridized carbons (Fsp3) is 0.556. The first-order valence-corrected chi connectivity index (χ1v) is 8.49. The summed E-state index contributed by atoms with van der Waals surface area (Å²) in [6.45, 7) is 5.87. The SMILES string of the molecule is CCC(C)C(N)C(=O)N1CCN(C(=O)Cc2ccccc2F)CC1. The van der Waals surface area contributed by atoms with E-state index in [0.717, 1.165) is 6.42 Å². The predicted octanol–water partition coefficient (Wildman–Crippen LogP) is 1.41. The van der Waals surface area contributed by atoms with Gasteiger partial charge in [0.25, 0.3) is 0 Å². The smallest absolute Gasteiger partial charge is 0.239 e. The number of hydrogen-bond donors (Lipinski definition) is 1. The molecule has 0 aromatic heterocycles. The van der Waals surface area contributed by atoms with E-state index in [1.807, 2.05) is 13.8 Å². The van der Waals surface area contributed by atoms with Crippen LogP contribution in [0.1, 0.15) is 25.8 Å². The van der Waals surface area contributed by atoms with E-state index in [1.165, 1.54) is 6.07 Å². The first-order chi connectivity index (χ1) is 11.4. The summed E-state index contributed by atoms with van der Waals surface area (Å²) in [7, 11) is 0. The molecular weight excluding hydrogens is 309 g/mol. The number of carbonyl (C=O) groups is 2. The molecular formula is C18H26FN3O2. The van der Waals surface area contributed by atoms with Crippen LogP contribution in [-0.2, 0) is 16.0 Å². The van der Waals surface area contributed by atoms with Gasteiger partial charge < -0.3 is 15.5 Å². The van der Waals surface area contributed by atoms with Crippen molar-refractivity contribution in [1.82, 2.24) is 9.80 Å². The quantitative estimate of drug-likeness (QED) is 0.885. The lowest BCUT2D eigenvalue weighted by Crippen LogP contribution is -2.55. The zero-order valence-electron chi connectivity index (χ0n) is 14.4. The van der Waals surface area contributed by atoms with E-state index in [1.54, 1.807) is 28.0 Å². The second-order valence-electron chi connectivity index (χ2n) is 6.39. The normalized spacial score (nSPS) is 17.5. The molecule has 0 saturated carbocycles. The van der Waals surface area contributed by atoms with Crippen LogP contribution in [0.5, 0.6) is 0 Å². The van der Waals surface area contributed by atoms with E-state index >= 15 is 0 Å². The average Bonchev–Trinajstić information content (AvgIpc) is 2.61. The van der Waals surface area contributed by atoms with Crippen molar-refractivity contribution in [2.45, 2.75) is 32.7 Å². The van der Waals surface area contributed by atoms with E-state index in [0.29, 0.717) is 31.7 Å². The highest BCUT2D eigenvalue weighted by molar-refractivity contribution is 5.83. The Balaban J connectivity index is 1.87. The Kier molecular flexibility index (Phi) is 6.31. The van der Waals surface area contributed by atoms with Crippen LogP contribution in [0.3, 0.4) is 0 Å². The van der Waals surface area contributed by atoms with Gasteiger partial charge in [-0.05, 0) is 17.5 Å². The Hall–Kier alpha value is -1.95. The first-order valence-electron chi connectivity index (χ1n) is 8.49. The third-order valence-corrected chi connectivity index (χ3v) is 4.79. The van der Waals surface area contributed by atoms with Crippen molar-refractivity contribution in [3.63, 3.8) is 0 Å². The number of rotatable bonds is 5. The van der Waals surface area contributed by atoms with Crippen LogP contribution in [0.4, 0.5) is 4.39 Å². The van der Waals surface area contributed by atoms with Crippen molar-refractivity contribution in [3.8, 4) is 0 Å². The lowest BCUT2D eigenvalue weighted by atomic mass is 9.98. The van der Waals surface area contributed by atoms with Crippen LogP contribution in [0, 0.1) is 11.7 Å². The Morgan fingerprint density at radius 3 is 2.33 bits per heavy atom. The summed E-state index contributed by atoms with van der Waals surface area (Å²) in [6.07, 6.45) is 0.904. The van der Waals surface area contributed by atoms with Crippen molar-refractivity contribution < 1.29 is 14.0 Å². The number of nitrogens with two attached hydrogens (primary N) is 1. The Morgan fingerprint density at radius 2 is 1.75 bits per heavy atom. The molecule has 0 aliphatic carbocycles. The highest BCUT2D eigenvalue weighted by Gasteiger charge is 2.29. The zero-order chi connectivity index (χ0) is 17.7. The molecule has 1 aromatic rings. The summed E-state index contributed by atoms with van der Waals surface area (Å²) in [4.78, 5) is 28.1. The van der Waals surface area contributed by atoms with E-state index < -0.39 is 6.04 Å². The number of piperazine rings is 1. The molecule has 0 radical (unpaired) electrons. The second-order valence-corrected chi connectivity index (χ2v) is 6.39. The molecule has 1 saturated heterocycles. The Bertz CT molecular complexity index is 585. The molecule has 0 bridgehead atoms. The average molecular weight is 335 g/mol. The molecule has 5 nitrogen and oxygen atoms in total. The molecule has 1 fully saturated rings. The molecule has 1 aliphatic rings. The van der Waals surface area contributed by atoms with Gasteiger partial charge in [0.2, 0.25) is 11.8 Å². The van der Waals surface area contributed by atoms with Gasteiger partial charge in [0.15, 0.2) is 0 Å². The maximum atomic E-state index is 13.6. The maximum Gasteiger partial charge on any atom is 0.239 e. The van der Waals surface area contributed by atoms with Crippen LogP contribution in [0.15, 0.2) is 24.3 Å². The molecule has 24 heavy (non-hydrogen) atoms. The van der Waals surface area contributed by atoms with Gasteiger partial charge in [0, 0.05) is 26.2 Å². The molecule has 2 rings (SSSR count). The van der Waals surface area contributed by atoms with E-state index in [-0.39, 0.29) is 30.0 Å². The van der Waals surface area contributed by atoms with Gasteiger partial charge in [-0.2, -0.15) is 0 Å². The standard InChI is InChI=1S/C18H26FN3O2/c1-3-13(2)17(20)18(24)22-10-8-21(9-11-22)16(23)12-14-6-4-5-7-15(14)19/h4-7,13,17H,3,8-12,20H2,1-2H3. The van der Waals surface area contributed by atoms with Gasteiger partial charge >= 0.3 is 0 Å². The van der Waals surface area contributed by atoms with Crippen LogP contribution < -0.4 is 5.73 Å². The summed E-state index contributed by atoms with van der Waals surface area (Å²) in [5.74, 6) is -0.388. The molecule has 2 atom stereocenters. The third kappa shape index (κ3) is 4.32. The Morgan fingerprint density at radius 1 is 1.17 bits per heavy atom. The van der Waals surface area contributed by atoms with Gasteiger partial charge in [0.05, 0.1) is 12.5 Å². The molecule has 2 unspecified atom stereocenters. The van der Waals surface area contributed by atoms with E-state index in [4.69, 9.17) is 5.73 Å². The van der Waals surface area contributed by atoms with Crippen molar-refractivity contribution in [2.75, 3.05) is 26.2 Å². The number of benzene rings is 1. The highest BCUT2D eigenvalue weighted by Crippen LogP contribution is 2.13. The summed E-state index contributed by atoms with van der Waals surface area (Å²) >= 11 is 0. The molecule has 1 heterocycles. The lowest BCUT2D eigenvalue weighted by Gasteiger charge is -2.36. The second kappa shape index (κ2) is 8.24. The van der Waals surface area contributed by atoms with Crippen molar-refractivity contribution >= 4 is 11.8 Å². The summed E-state index contributed by atoms with van der Waals surface area (Å²) < 4.78 is 13.6. The molecule has 132 valence electrons. The molecule has 1 aliphatic heterocycles. The van der Waals surface area contributed by atoms with Gasteiger partial charge in [0.1, 0.15) is 5.82 Å². The van der Waals surface area contributed by atoms with Crippen molar-refractivity contribution in [1.29, 1.82) is 0 Å². The van der Waals surface area contributed by atoms with Crippen molar-refractivity contribution in [2.24, 2.45) is 11.7 Å². The number of amides is 2. The monoisotopic (exact) mass is 335 g/mol. The largest absolute Gasteiger partial charge is 0.339 e. The van der Waals surface area contributed by atoms with Gasteiger partial charge in [-0.3, -0.25) is 9.59 Å². The Labute approximate surface area is 142 Å². The van der Waals surface area contributed by atoms with Gasteiger partial charge in [-0.1, -0.05) is 38.5 Å². The molecule has 0 spiro atoms. The summed E-state index contributed by atoms with van der Waals surface area (Å²) in [5, 5.41) is 0. The first kappa shape index (κ1) is 18.4. The zero-order valence-corrected chi connectivity index (χ0v) is 14.4. The minimum absolute atomic E-state index is 0.0486. The fourth-order valence-corrected chi connectivity index (χ4v) is 2.80. The van der Waals surface area contributed by atoms with Crippen LogP contribution in [-0.4, -0.2) is 53.8 Å². The van der Waals surface area contributed by atoms with E-state index in [2.05, 4.69) is 0 Å². The summed E-state index contributed by atoms with van der Waals surface area (Å²) in [6, 6.07) is 5.82.